The third-order valence-electron chi connectivity index (χ3n) is 5.87. The van der Waals surface area contributed by atoms with E-state index in [0.717, 1.165) is 38.5 Å². The lowest BCUT2D eigenvalue weighted by atomic mass is 10.1. The Balaban J connectivity index is 2.97. The molecule has 0 spiro atoms. The van der Waals surface area contributed by atoms with Crippen LogP contribution in [0.2, 0.25) is 0 Å². The Bertz CT molecular complexity index is 757. The number of esters is 2. The van der Waals surface area contributed by atoms with Gasteiger partial charge in [-0.05, 0) is 50.5 Å². The summed E-state index contributed by atoms with van der Waals surface area (Å²) < 4.78 is 21.9. The number of carbonyl (C=O) groups excluding carboxylic acids is 2. The first-order valence-corrected chi connectivity index (χ1v) is 14.2. The minimum absolute atomic E-state index is 0.126. The molecule has 1 aromatic carbocycles. The first kappa shape index (κ1) is 32.3. The van der Waals surface area contributed by atoms with E-state index in [-0.39, 0.29) is 36.0 Å². The van der Waals surface area contributed by atoms with Crippen molar-refractivity contribution < 1.29 is 33.6 Å². The Hall–Kier alpha value is -2.70. The van der Waals surface area contributed by atoms with Crippen LogP contribution in [0.25, 0.3) is 6.08 Å². The van der Waals surface area contributed by atoms with Gasteiger partial charge in [0, 0.05) is 0 Å². The lowest BCUT2D eigenvalue weighted by molar-refractivity contribution is -0.147. The highest BCUT2D eigenvalue weighted by molar-refractivity contribution is 6.17. The lowest BCUT2D eigenvalue weighted by Gasteiger charge is -2.13. The molecule has 0 aliphatic carbocycles. The fourth-order valence-corrected chi connectivity index (χ4v) is 3.83. The van der Waals surface area contributed by atoms with Crippen molar-refractivity contribution in [3.63, 3.8) is 0 Å². The van der Waals surface area contributed by atoms with Crippen LogP contribution in [0.1, 0.15) is 110 Å². The molecular formula is C30H48O7. The van der Waals surface area contributed by atoms with Crippen molar-refractivity contribution in [3.05, 3.63) is 23.3 Å². The molecule has 0 aliphatic rings. The zero-order valence-corrected chi connectivity index (χ0v) is 23.4. The van der Waals surface area contributed by atoms with Gasteiger partial charge >= 0.3 is 11.9 Å². The second-order valence-electron chi connectivity index (χ2n) is 9.10. The van der Waals surface area contributed by atoms with Crippen LogP contribution in [0, 0.1) is 0 Å². The smallest absolute Gasteiger partial charge is 0.345 e. The number of hydrogen-bond acceptors (Lipinski definition) is 7. The molecule has 0 saturated carbocycles. The normalized spacial score (nSPS) is 10.6. The standard InChI is InChI=1S/C30H48O7/c1-5-9-11-13-15-17-19-36-29(32)25(30(33)37-20-18-16-14-12-10-6-2)21-24-22-26(34-7-3)28(31)27(23-24)35-8-4/h21-23,31H,5-20H2,1-4H3. The van der Waals surface area contributed by atoms with Crippen molar-refractivity contribution >= 4 is 18.0 Å². The van der Waals surface area contributed by atoms with E-state index in [1.807, 2.05) is 0 Å². The summed E-state index contributed by atoms with van der Waals surface area (Å²) in [5.41, 5.74) is 0.278. The molecule has 1 aromatic rings. The summed E-state index contributed by atoms with van der Waals surface area (Å²) in [5.74, 6) is -1.14. The number of unbranched alkanes of at least 4 members (excludes halogenated alkanes) is 10. The molecule has 0 radical (unpaired) electrons. The SMILES string of the molecule is CCCCCCCCOC(=O)C(=Cc1cc(OCC)c(O)c(OCC)c1)C(=O)OCCCCCCCC. The van der Waals surface area contributed by atoms with E-state index in [4.69, 9.17) is 18.9 Å². The van der Waals surface area contributed by atoms with Crippen molar-refractivity contribution in [1.82, 2.24) is 0 Å². The van der Waals surface area contributed by atoms with Gasteiger partial charge < -0.3 is 24.1 Å². The third kappa shape index (κ3) is 13.4. The topological polar surface area (TPSA) is 91.3 Å². The minimum Gasteiger partial charge on any atom is -0.502 e. The second kappa shape index (κ2) is 20.4. The molecule has 0 fully saturated rings. The highest BCUT2D eigenvalue weighted by atomic mass is 16.6. The van der Waals surface area contributed by atoms with Crippen LogP contribution in [0.3, 0.4) is 0 Å². The van der Waals surface area contributed by atoms with Crippen LogP contribution >= 0.6 is 0 Å². The Morgan fingerprint density at radius 2 is 1.08 bits per heavy atom. The highest BCUT2D eigenvalue weighted by Crippen LogP contribution is 2.38. The van der Waals surface area contributed by atoms with Gasteiger partial charge in [0.2, 0.25) is 5.75 Å². The summed E-state index contributed by atoms with van der Waals surface area (Å²) in [6, 6.07) is 3.12. The van der Waals surface area contributed by atoms with Gasteiger partial charge in [-0.25, -0.2) is 9.59 Å². The molecule has 0 bridgehead atoms. The summed E-state index contributed by atoms with van der Waals surface area (Å²) in [7, 11) is 0. The fourth-order valence-electron chi connectivity index (χ4n) is 3.83. The number of rotatable bonds is 21. The molecule has 0 unspecified atom stereocenters. The maximum absolute atomic E-state index is 12.9. The Labute approximate surface area is 223 Å². The predicted molar refractivity (Wildman–Crippen MR) is 147 cm³/mol. The van der Waals surface area contributed by atoms with E-state index in [2.05, 4.69) is 13.8 Å². The number of phenols is 1. The molecule has 37 heavy (non-hydrogen) atoms. The Morgan fingerprint density at radius 3 is 1.49 bits per heavy atom. The lowest BCUT2D eigenvalue weighted by Crippen LogP contribution is -2.19. The number of ether oxygens (including phenoxy) is 4. The van der Waals surface area contributed by atoms with Crippen LogP contribution < -0.4 is 9.47 Å². The van der Waals surface area contributed by atoms with Gasteiger partial charge in [-0.1, -0.05) is 78.1 Å². The number of phenolic OH excluding ortho intramolecular Hbond substituents is 1. The van der Waals surface area contributed by atoms with Gasteiger partial charge in [-0.3, -0.25) is 0 Å². The average molecular weight is 521 g/mol. The second-order valence-corrected chi connectivity index (χ2v) is 9.10. The van der Waals surface area contributed by atoms with Gasteiger partial charge in [0.1, 0.15) is 5.57 Å². The van der Waals surface area contributed by atoms with Crippen LogP contribution in [0.5, 0.6) is 17.2 Å². The summed E-state index contributed by atoms with van der Waals surface area (Å²) in [6.07, 6.45) is 14.2. The molecule has 0 atom stereocenters. The van der Waals surface area contributed by atoms with Crippen LogP contribution in [0.15, 0.2) is 17.7 Å². The molecule has 7 heteroatoms. The van der Waals surface area contributed by atoms with E-state index in [1.54, 1.807) is 26.0 Å². The first-order chi connectivity index (χ1) is 18.0. The molecule has 0 saturated heterocycles. The van der Waals surface area contributed by atoms with E-state index >= 15 is 0 Å². The summed E-state index contributed by atoms with van der Waals surface area (Å²) >= 11 is 0. The number of aromatic hydroxyl groups is 1. The predicted octanol–water partition coefficient (Wildman–Crippen LogP) is 7.38. The Morgan fingerprint density at radius 1 is 0.676 bits per heavy atom. The van der Waals surface area contributed by atoms with Crippen LogP contribution in [-0.4, -0.2) is 43.5 Å². The van der Waals surface area contributed by atoms with Crippen LogP contribution in [-0.2, 0) is 19.1 Å². The van der Waals surface area contributed by atoms with E-state index in [9.17, 15) is 14.7 Å². The fraction of sp³-hybridized carbons (Fsp3) is 0.667. The molecule has 0 amide bonds. The molecule has 0 aliphatic heterocycles. The molecule has 7 nitrogen and oxygen atoms in total. The van der Waals surface area contributed by atoms with Gasteiger partial charge in [0.05, 0.1) is 26.4 Å². The average Bonchev–Trinajstić information content (AvgIpc) is 2.88. The zero-order chi connectivity index (χ0) is 27.3. The largest absolute Gasteiger partial charge is 0.502 e. The van der Waals surface area contributed by atoms with Gasteiger partial charge in [-0.2, -0.15) is 0 Å². The molecule has 0 heterocycles. The molecule has 1 N–H and O–H groups in total. The summed E-state index contributed by atoms with van der Waals surface area (Å²) in [6.45, 7) is 9.10. The van der Waals surface area contributed by atoms with Gasteiger partial charge in [0.15, 0.2) is 11.5 Å². The van der Waals surface area contributed by atoms with Crippen molar-refractivity contribution in [2.45, 2.75) is 105 Å². The zero-order valence-electron chi connectivity index (χ0n) is 23.4. The molecule has 0 aromatic heterocycles. The monoisotopic (exact) mass is 520 g/mol. The first-order valence-electron chi connectivity index (χ1n) is 14.2. The number of hydrogen-bond donors (Lipinski definition) is 1. The van der Waals surface area contributed by atoms with E-state index < -0.39 is 11.9 Å². The van der Waals surface area contributed by atoms with Crippen molar-refractivity contribution in [2.24, 2.45) is 0 Å². The summed E-state index contributed by atoms with van der Waals surface area (Å²) in [5, 5.41) is 10.4. The van der Waals surface area contributed by atoms with Crippen molar-refractivity contribution in [1.29, 1.82) is 0 Å². The van der Waals surface area contributed by atoms with Gasteiger partial charge in [-0.15, -0.1) is 0 Å². The number of carbonyl (C=O) groups is 2. The summed E-state index contributed by atoms with van der Waals surface area (Å²) in [4.78, 5) is 25.8. The van der Waals surface area contributed by atoms with E-state index in [0.29, 0.717) is 18.8 Å². The molecule has 1 rings (SSSR count). The maximum atomic E-state index is 12.9. The maximum Gasteiger partial charge on any atom is 0.345 e. The van der Waals surface area contributed by atoms with Gasteiger partial charge in [0.25, 0.3) is 0 Å². The van der Waals surface area contributed by atoms with Crippen molar-refractivity contribution in [2.75, 3.05) is 26.4 Å². The third-order valence-corrected chi connectivity index (χ3v) is 5.87. The molecule has 210 valence electrons. The quantitative estimate of drug-likeness (QED) is 0.0594. The highest BCUT2D eigenvalue weighted by Gasteiger charge is 2.23. The van der Waals surface area contributed by atoms with E-state index in [1.165, 1.54) is 44.6 Å². The van der Waals surface area contributed by atoms with Crippen LogP contribution in [0.4, 0.5) is 0 Å². The van der Waals surface area contributed by atoms with Crippen molar-refractivity contribution in [3.8, 4) is 17.2 Å². The Kier molecular flexibility index (Phi) is 17.8. The number of benzene rings is 1. The minimum atomic E-state index is -0.717. The molecular weight excluding hydrogens is 472 g/mol.